The van der Waals surface area contributed by atoms with Crippen molar-refractivity contribution in [2.24, 2.45) is 0 Å². The van der Waals surface area contributed by atoms with Gasteiger partial charge in [0.15, 0.2) is 6.61 Å². The summed E-state index contributed by atoms with van der Waals surface area (Å²) in [5.41, 5.74) is 2.09. The van der Waals surface area contributed by atoms with E-state index in [0.29, 0.717) is 24.3 Å². The molecule has 1 fully saturated rings. The molecule has 0 saturated carbocycles. The van der Waals surface area contributed by atoms with Crippen molar-refractivity contribution in [2.45, 2.75) is 25.8 Å². The summed E-state index contributed by atoms with van der Waals surface area (Å²) in [6, 6.07) is 13.7. The summed E-state index contributed by atoms with van der Waals surface area (Å²) in [4.78, 5) is 36.8. The molecular formula is C21H22N2O5. The Morgan fingerprint density at radius 3 is 2.61 bits per heavy atom. The summed E-state index contributed by atoms with van der Waals surface area (Å²) < 4.78 is 5.10. The summed E-state index contributed by atoms with van der Waals surface area (Å²) in [5, 5.41) is 11.6. The van der Waals surface area contributed by atoms with Gasteiger partial charge in [-0.05, 0) is 49.2 Å². The Kier molecular flexibility index (Phi) is 5.93. The maximum absolute atomic E-state index is 12.6. The van der Waals surface area contributed by atoms with Crippen LogP contribution in [0.2, 0.25) is 0 Å². The molecule has 0 aromatic heterocycles. The largest absolute Gasteiger partial charge is 0.482 e. The number of rotatable bonds is 7. The zero-order valence-electron chi connectivity index (χ0n) is 15.6. The molecule has 1 aliphatic heterocycles. The van der Waals surface area contributed by atoms with Crippen LogP contribution in [0.15, 0.2) is 48.5 Å². The number of carboxylic acids is 1. The van der Waals surface area contributed by atoms with Gasteiger partial charge in [-0.25, -0.2) is 4.79 Å². The Morgan fingerprint density at radius 2 is 1.96 bits per heavy atom. The number of hydrogen-bond acceptors (Lipinski definition) is 4. The second-order valence-corrected chi connectivity index (χ2v) is 6.65. The van der Waals surface area contributed by atoms with E-state index in [2.05, 4.69) is 5.32 Å². The van der Waals surface area contributed by atoms with E-state index in [1.807, 2.05) is 13.0 Å². The average Bonchev–Trinajstić information content (AvgIpc) is 3.12. The molecule has 0 radical (unpaired) electrons. The third kappa shape index (κ3) is 4.68. The number of benzene rings is 2. The van der Waals surface area contributed by atoms with Crippen molar-refractivity contribution in [2.75, 3.05) is 18.1 Å². The van der Waals surface area contributed by atoms with E-state index in [-0.39, 0.29) is 17.9 Å². The second-order valence-electron chi connectivity index (χ2n) is 6.65. The molecule has 7 heteroatoms. The van der Waals surface area contributed by atoms with E-state index < -0.39 is 12.6 Å². The Bertz CT molecular complexity index is 879. The molecule has 1 unspecified atom stereocenters. The molecule has 2 N–H and O–H groups in total. The summed E-state index contributed by atoms with van der Waals surface area (Å²) >= 11 is 0. The maximum Gasteiger partial charge on any atom is 0.341 e. The Hall–Kier alpha value is -3.35. The van der Waals surface area contributed by atoms with Gasteiger partial charge in [0.1, 0.15) is 5.75 Å². The first-order valence-electron chi connectivity index (χ1n) is 9.10. The Labute approximate surface area is 162 Å². The van der Waals surface area contributed by atoms with Crippen molar-refractivity contribution < 1.29 is 24.2 Å². The van der Waals surface area contributed by atoms with Crippen molar-refractivity contribution in [3.05, 3.63) is 59.7 Å². The number of amides is 2. The number of aliphatic carboxylic acids is 1. The topological polar surface area (TPSA) is 95.9 Å². The highest BCUT2D eigenvalue weighted by Gasteiger charge is 2.22. The third-order valence-electron chi connectivity index (χ3n) is 4.58. The van der Waals surface area contributed by atoms with Gasteiger partial charge in [0, 0.05) is 24.2 Å². The Morgan fingerprint density at radius 1 is 1.21 bits per heavy atom. The summed E-state index contributed by atoms with van der Waals surface area (Å²) in [6.07, 6.45) is 1.37. The molecule has 2 aromatic carbocycles. The lowest BCUT2D eigenvalue weighted by molar-refractivity contribution is -0.139. The molecule has 1 heterocycles. The lowest BCUT2D eigenvalue weighted by Crippen LogP contribution is -2.27. The fraction of sp³-hybridized carbons (Fsp3) is 0.286. The van der Waals surface area contributed by atoms with E-state index in [9.17, 15) is 14.4 Å². The van der Waals surface area contributed by atoms with Crippen LogP contribution in [0.25, 0.3) is 0 Å². The van der Waals surface area contributed by atoms with E-state index in [1.54, 1.807) is 47.4 Å². The van der Waals surface area contributed by atoms with Crippen molar-refractivity contribution >= 4 is 23.5 Å². The first kappa shape index (κ1) is 19.4. The standard InChI is InChI=1S/C21H22N2O5/c1-14(15-7-9-18(10-8-15)28-13-20(25)26)22-21(27)16-4-2-5-17(12-16)23-11-3-6-19(23)24/h2,4-5,7-10,12,14H,3,6,11,13H2,1H3,(H,22,27)(H,25,26). The smallest absolute Gasteiger partial charge is 0.341 e. The van der Waals surface area contributed by atoms with Gasteiger partial charge in [0.2, 0.25) is 5.91 Å². The fourth-order valence-corrected chi connectivity index (χ4v) is 3.10. The molecular weight excluding hydrogens is 360 g/mol. The van der Waals surface area contributed by atoms with Crippen LogP contribution in [-0.2, 0) is 9.59 Å². The number of hydrogen-bond donors (Lipinski definition) is 2. The van der Waals surface area contributed by atoms with Crippen LogP contribution in [0.5, 0.6) is 5.75 Å². The number of carboxylic acid groups (broad SMARTS) is 1. The molecule has 28 heavy (non-hydrogen) atoms. The molecule has 0 spiro atoms. The maximum atomic E-state index is 12.6. The van der Waals surface area contributed by atoms with E-state index >= 15 is 0 Å². The van der Waals surface area contributed by atoms with Gasteiger partial charge in [-0.15, -0.1) is 0 Å². The Balaban J connectivity index is 1.64. The van der Waals surface area contributed by atoms with Gasteiger partial charge in [0.25, 0.3) is 5.91 Å². The number of nitrogens with zero attached hydrogens (tertiary/aromatic N) is 1. The summed E-state index contributed by atoms with van der Waals surface area (Å²) in [5.74, 6) is -0.737. The van der Waals surface area contributed by atoms with Crippen molar-refractivity contribution in [3.8, 4) is 5.75 Å². The van der Waals surface area contributed by atoms with Gasteiger partial charge in [-0.3, -0.25) is 9.59 Å². The molecule has 146 valence electrons. The summed E-state index contributed by atoms with van der Waals surface area (Å²) in [7, 11) is 0. The molecule has 0 aliphatic carbocycles. The van der Waals surface area contributed by atoms with Crippen molar-refractivity contribution in [3.63, 3.8) is 0 Å². The average molecular weight is 382 g/mol. The first-order valence-corrected chi connectivity index (χ1v) is 9.10. The van der Waals surface area contributed by atoms with Crippen molar-refractivity contribution in [1.82, 2.24) is 5.32 Å². The van der Waals surface area contributed by atoms with Gasteiger partial charge in [-0.2, -0.15) is 0 Å². The van der Waals surface area contributed by atoms with Crippen LogP contribution in [0.3, 0.4) is 0 Å². The number of carbonyl (C=O) groups excluding carboxylic acids is 2. The first-order chi connectivity index (χ1) is 13.4. The molecule has 1 atom stereocenters. The minimum atomic E-state index is -1.04. The molecule has 3 rings (SSSR count). The van der Waals surface area contributed by atoms with Crippen LogP contribution in [0.4, 0.5) is 5.69 Å². The number of carbonyl (C=O) groups is 3. The molecule has 7 nitrogen and oxygen atoms in total. The lowest BCUT2D eigenvalue weighted by Gasteiger charge is -2.18. The highest BCUT2D eigenvalue weighted by atomic mass is 16.5. The predicted octanol–water partition coefficient (Wildman–Crippen LogP) is 2.77. The highest BCUT2D eigenvalue weighted by Crippen LogP contribution is 2.23. The van der Waals surface area contributed by atoms with Gasteiger partial charge in [-0.1, -0.05) is 18.2 Å². The van der Waals surface area contributed by atoms with E-state index in [1.165, 1.54) is 0 Å². The summed E-state index contributed by atoms with van der Waals surface area (Å²) in [6.45, 7) is 2.14. The quantitative estimate of drug-likeness (QED) is 0.768. The molecule has 1 saturated heterocycles. The van der Waals surface area contributed by atoms with Gasteiger partial charge < -0.3 is 20.1 Å². The SMILES string of the molecule is CC(NC(=O)c1cccc(N2CCCC2=O)c1)c1ccc(OCC(=O)O)cc1. The van der Waals surface area contributed by atoms with Crippen LogP contribution in [0, 0.1) is 0 Å². The minimum Gasteiger partial charge on any atom is -0.482 e. The minimum absolute atomic E-state index is 0.0798. The van der Waals surface area contributed by atoms with Crippen LogP contribution in [-0.4, -0.2) is 36.0 Å². The molecule has 0 bridgehead atoms. The monoisotopic (exact) mass is 382 g/mol. The zero-order chi connectivity index (χ0) is 20.1. The number of anilines is 1. The van der Waals surface area contributed by atoms with Crippen molar-refractivity contribution in [1.29, 1.82) is 0 Å². The number of nitrogens with one attached hydrogen (secondary N) is 1. The zero-order valence-corrected chi connectivity index (χ0v) is 15.6. The van der Waals surface area contributed by atoms with E-state index in [0.717, 1.165) is 17.7 Å². The van der Waals surface area contributed by atoms with Crippen LogP contribution < -0.4 is 15.0 Å². The predicted molar refractivity (Wildman–Crippen MR) is 103 cm³/mol. The second kappa shape index (κ2) is 8.56. The fourth-order valence-electron chi connectivity index (χ4n) is 3.10. The molecule has 2 aromatic rings. The number of ether oxygens (including phenoxy) is 1. The van der Waals surface area contributed by atoms with Gasteiger partial charge in [0.05, 0.1) is 6.04 Å². The normalized spacial score (nSPS) is 14.6. The van der Waals surface area contributed by atoms with Gasteiger partial charge >= 0.3 is 5.97 Å². The van der Waals surface area contributed by atoms with Crippen LogP contribution in [0.1, 0.15) is 41.7 Å². The van der Waals surface area contributed by atoms with Crippen LogP contribution >= 0.6 is 0 Å². The highest BCUT2D eigenvalue weighted by molar-refractivity contribution is 5.99. The lowest BCUT2D eigenvalue weighted by atomic mass is 10.1. The molecule has 2 amide bonds. The molecule has 1 aliphatic rings. The van der Waals surface area contributed by atoms with E-state index in [4.69, 9.17) is 9.84 Å². The third-order valence-corrected chi connectivity index (χ3v) is 4.58.